The zero-order valence-electron chi connectivity index (χ0n) is 11.0. The SMILES string of the molecule is O=C(NCc1cc(C#CCO)ccc1F)C1CCCO1. The van der Waals surface area contributed by atoms with Crippen LogP contribution in [0.15, 0.2) is 18.2 Å². The van der Waals surface area contributed by atoms with Crippen LogP contribution >= 0.6 is 0 Å². The Morgan fingerprint density at radius 1 is 1.55 bits per heavy atom. The lowest BCUT2D eigenvalue weighted by Gasteiger charge is -2.11. The van der Waals surface area contributed by atoms with Gasteiger partial charge in [0.05, 0.1) is 0 Å². The molecule has 0 radical (unpaired) electrons. The maximum absolute atomic E-state index is 13.6. The van der Waals surface area contributed by atoms with Gasteiger partial charge in [0.1, 0.15) is 18.5 Å². The summed E-state index contributed by atoms with van der Waals surface area (Å²) in [7, 11) is 0. The van der Waals surface area contributed by atoms with Gasteiger partial charge in [0.2, 0.25) is 5.91 Å². The summed E-state index contributed by atoms with van der Waals surface area (Å²) in [6.07, 6.45) is 1.16. The standard InChI is InChI=1S/C15H16FNO3/c16-13-6-5-11(3-1-7-18)9-12(13)10-17-15(19)14-4-2-8-20-14/h5-6,9,14,18H,2,4,7-8,10H2,(H,17,19). The third kappa shape index (κ3) is 3.80. The molecule has 1 aliphatic heterocycles. The van der Waals surface area contributed by atoms with Crippen LogP contribution in [-0.4, -0.2) is 30.3 Å². The Hall–Kier alpha value is -1.90. The summed E-state index contributed by atoms with van der Waals surface area (Å²) < 4.78 is 18.9. The summed E-state index contributed by atoms with van der Waals surface area (Å²) >= 11 is 0. The van der Waals surface area contributed by atoms with Crippen LogP contribution in [0.4, 0.5) is 4.39 Å². The van der Waals surface area contributed by atoms with Crippen LogP contribution in [0.3, 0.4) is 0 Å². The van der Waals surface area contributed by atoms with Crippen molar-refractivity contribution < 1.29 is 19.0 Å². The number of aliphatic hydroxyl groups is 1. The average molecular weight is 277 g/mol. The van der Waals surface area contributed by atoms with Crippen molar-refractivity contribution in [2.24, 2.45) is 0 Å². The lowest BCUT2D eigenvalue weighted by Crippen LogP contribution is -2.33. The van der Waals surface area contributed by atoms with Crippen LogP contribution in [0.1, 0.15) is 24.0 Å². The topological polar surface area (TPSA) is 58.6 Å². The Labute approximate surface area is 116 Å². The molecule has 1 heterocycles. The summed E-state index contributed by atoms with van der Waals surface area (Å²) in [6, 6.07) is 4.39. The third-order valence-electron chi connectivity index (χ3n) is 3.03. The smallest absolute Gasteiger partial charge is 0.249 e. The Morgan fingerprint density at radius 2 is 2.40 bits per heavy atom. The highest BCUT2D eigenvalue weighted by atomic mass is 19.1. The molecule has 2 N–H and O–H groups in total. The van der Waals surface area contributed by atoms with Gasteiger partial charge in [-0.1, -0.05) is 11.8 Å². The van der Waals surface area contributed by atoms with Crippen molar-refractivity contribution in [3.63, 3.8) is 0 Å². The lowest BCUT2D eigenvalue weighted by molar-refractivity contribution is -0.130. The zero-order valence-corrected chi connectivity index (χ0v) is 11.0. The summed E-state index contributed by atoms with van der Waals surface area (Å²) in [5.41, 5.74) is 0.961. The van der Waals surface area contributed by atoms with Crippen molar-refractivity contribution in [2.45, 2.75) is 25.5 Å². The van der Waals surface area contributed by atoms with E-state index in [-0.39, 0.29) is 19.1 Å². The molecule has 0 saturated carbocycles. The summed E-state index contributed by atoms with van der Waals surface area (Å²) in [5, 5.41) is 11.3. The van der Waals surface area contributed by atoms with Crippen molar-refractivity contribution in [1.29, 1.82) is 0 Å². The van der Waals surface area contributed by atoms with E-state index in [4.69, 9.17) is 9.84 Å². The highest BCUT2D eigenvalue weighted by Crippen LogP contribution is 2.13. The van der Waals surface area contributed by atoms with E-state index in [1.54, 1.807) is 6.07 Å². The molecule has 1 aromatic rings. The fourth-order valence-electron chi connectivity index (χ4n) is 2.01. The van der Waals surface area contributed by atoms with Crippen molar-refractivity contribution in [1.82, 2.24) is 5.32 Å². The number of hydrogen-bond donors (Lipinski definition) is 2. The highest BCUT2D eigenvalue weighted by Gasteiger charge is 2.23. The maximum Gasteiger partial charge on any atom is 0.249 e. The first-order chi connectivity index (χ1) is 9.70. The number of halogens is 1. The molecule has 1 unspecified atom stereocenters. The molecule has 1 amide bonds. The van der Waals surface area contributed by atoms with Gasteiger partial charge in [-0.2, -0.15) is 0 Å². The second kappa shape index (κ2) is 7.04. The van der Waals surface area contributed by atoms with Gasteiger partial charge in [0.25, 0.3) is 0 Å². The van der Waals surface area contributed by atoms with E-state index in [9.17, 15) is 9.18 Å². The quantitative estimate of drug-likeness (QED) is 0.809. The van der Waals surface area contributed by atoms with Gasteiger partial charge < -0.3 is 15.2 Å². The van der Waals surface area contributed by atoms with Crippen molar-refractivity contribution >= 4 is 5.91 Å². The van der Waals surface area contributed by atoms with Gasteiger partial charge >= 0.3 is 0 Å². The molecule has 5 heteroatoms. The Kier molecular flexibility index (Phi) is 5.10. The maximum atomic E-state index is 13.6. The number of hydrogen-bond acceptors (Lipinski definition) is 3. The van der Waals surface area contributed by atoms with Gasteiger partial charge in [0.15, 0.2) is 0 Å². The number of rotatable bonds is 3. The van der Waals surface area contributed by atoms with Crippen LogP contribution in [0.2, 0.25) is 0 Å². The largest absolute Gasteiger partial charge is 0.384 e. The molecule has 20 heavy (non-hydrogen) atoms. The van der Waals surface area contributed by atoms with E-state index >= 15 is 0 Å². The number of benzene rings is 1. The van der Waals surface area contributed by atoms with E-state index in [1.165, 1.54) is 12.1 Å². The predicted octanol–water partition coefficient (Wildman–Crippen LogP) is 0.965. The Bertz CT molecular complexity index is 542. The van der Waals surface area contributed by atoms with Gasteiger partial charge in [-0.3, -0.25) is 4.79 Å². The molecule has 1 atom stereocenters. The fraction of sp³-hybridized carbons (Fsp3) is 0.400. The summed E-state index contributed by atoms with van der Waals surface area (Å²) in [6.45, 7) is 0.445. The normalized spacial score (nSPS) is 17.4. The molecule has 1 aliphatic rings. The number of amides is 1. The van der Waals surface area contributed by atoms with Gasteiger partial charge in [0, 0.05) is 24.3 Å². The zero-order chi connectivity index (χ0) is 14.4. The monoisotopic (exact) mass is 277 g/mol. The third-order valence-corrected chi connectivity index (χ3v) is 3.03. The van der Waals surface area contributed by atoms with E-state index in [1.807, 2.05) is 0 Å². The first-order valence-corrected chi connectivity index (χ1v) is 6.48. The van der Waals surface area contributed by atoms with E-state index in [0.29, 0.717) is 24.2 Å². The van der Waals surface area contributed by atoms with E-state index in [0.717, 1.165) is 6.42 Å². The summed E-state index contributed by atoms with van der Waals surface area (Å²) in [5.74, 6) is 4.59. The van der Waals surface area contributed by atoms with Crippen molar-refractivity contribution in [3.8, 4) is 11.8 Å². The molecule has 0 aromatic heterocycles. The molecule has 1 saturated heterocycles. The predicted molar refractivity (Wildman–Crippen MR) is 71.2 cm³/mol. The second-order valence-corrected chi connectivity index (χ2v) is 4.49. The molecular formula is C15H16FNO3. The van der Waals surface area contributed by atoms with Gasteiger partial charge in [-0.05, 0) is 31.0 Å². The van der Waals surface area contributed by atoms with Crippen LogP contribution in [-0.2, 0) is 16.1 Å². The minimum atomic E-state index is -0.421. The Balaban J connectivity index is 1.99. The van der Waals surface area contributed by atoms with E-state index < -0.39 is 11.9 Å². The molecule has 1 aromatic carbocycles. The second-order valence-electron chi connectivity index (χ2n) is 4.49. The molecule has 106 valence electrons. The fourth-order valence-corrected chi connectivity index (χ4v) is 2.01. The minimum absolute atomic E-state index is 0.0964. The number of ether oxygens (including phenoxy) is 1. The van der Waals surface area contributed by atoms with Gasteiger partial charge in [-0.25, -0.2) is 4.39 Å². The highest BCUT2D eigenvalue weighted by molar-refractivity contribution is 5.80. The first-order valence-electron chi connectivity index (χ1n) is 6.48. The molecule has 0 bridgehead atoms. The molecule has 1 fully saturated rings. The van der Waals surface area contributed by atoms with Crippen molar-refractivity contribution in [3.05, 3.63) is 35.1 Å². The number of carbonyl (C=O) groups is 1. The van der Waals surface area contributed by atoms with Crippen LogP contribution in [0, 0.1) is 17.7 Å². The average Bonchev–Trinajstić information content (AvgIpc) is 2.99. The molecule has 2 rings (SSSR count). The molecule has 0 aliphatic carbocycles. The Morgan fingerprint density at radius 3 is 3.10 bits per heavy atom. The van der Waals surface area contributed by atoms with Crippen LogP contribution in [0.25, 0.3) is 0 Å². The van der Waals surface area contributed by atoms with Crippen LogP contribution in [0.5, 0.6) is 0 Å². The summed E-state index contributed by atoms with van der Waals surface area (Å²) in [4.78, 5) is 11.8. The van der Waals surface area contributed by atoms with Gasteiger partial charge in [-0.15, -0.1) is 0 Å². The minimum Gasteiger partial charge on any atom is -0.384 e. The first kappa shape index (κ1) is 14.5. The van der Waals surface area contributed by atoms with Crippen molar-refractivity contribution in [2.75, 3.05) is 13.2 Å². The van der Waals surface area contributed by atoms with E-state index in [2.05, 4.69) is 17.2 Å². The number of carbonyl (C=O) groups excluding carboxylic acids is 1. The molecular weight excluding hydrogens is 261 g/mol. The molecule has 4 nitrogen and oxygen atoms in total. The molecule has 0 spiro atoms. The van der Waals surface area contributed by atoms with Crippen LogP contribution < -0.4 is 5.32 Å². The number of nitrogens with one attached hydrogen (secondary N) is 1. The lowest BCUT2D eigenvalue weighted by atomic mass is 10.1. The number of aliphatic hydroxyl groups excluding tert-OH is 1.